The second kappa shape index (κ2) is 9.88. The molecule has 1 aliphatic carbocycles. The summed E-state index contributed by atoms with van der Waals surface area (Å²) in [5.74, 6) is -0.663. The highest BCUT2D eigenvalue weighted by Crippen LogP contribution is 2.21. The predicted octanol–water partition coefficient (Wildman–Crippen LogP) is 4.65. The molecular formula is C22H27N3O3. The summed E-state index contributed by atoms with van der Waals surface area (Å²) in [5, 5.41) is 6.32. The average Bonchev–Trinajstić information content (AvgIpc) is 2.98. The van der Waals surface area contributed by atoms with Crippen molar-refractivity contribution in [2.45, 2.75) is 51.5 Å². The molecule has 3 rings (SSSR count). The first-order chi connectivity index (χ1) is 13.7. The summed E-state index contributed by atoms with van der Waals surface area (Å²) in [6.45, 7) is 2.09. The number of hydrogen-bond donors (Lipinski definition) is 2. The van der Waals surface area contributed by atoms with Gasteiger partial charge in [-0.15, -0.1) is 0 Å². The van der Waals surface area contributed by atoms with E-state index in [0.717, 1.165) is 5.69 Å². The molecule has 1 fully saturated rings. The molecule has 1 saturated carbocycles. The predicted molar refractivity (Wildman–Crippen MR) is 110 cm³/mol. The minimum atomic E-state index is -0.376. The highest BCUT2D eigenvalue weighted by atomic mass is 16.5. The van der Waals surface area contributed by atoms with Crippen molar-refractivity contribution in [1.29, 1.82) is 0 Å². The van der Waals surface area contributed by atoms with E-state index < -0.39 is 0 Å². The summed E-state index contributed by atoms with van der Waals surface area (Å²) in [7, 11) is 0. The fourth-order valence-corrected chi connectivity index (χ4v) is 3.37. The van der Waals surface area contributed by atoms with Gasteiger partial charge in [-0.25, -0.2) is 9.78 Å². The van der Waals surface area contributed by atoms with Crippen molar-refractivity contribution < 1.29 is 14.3 Å². The van der Waals surface area contributed by atoms with Crippen LogP contribution in [0.3, 0.4) is 0 Å². The van der Waals surface area contributed by atoms with E-state index in [2.05, 4.69) is 15.6 Å². The molecule has 1 aliphatic rings. The number of nitrogens with one attached hydrogen (secondary N) is 2. The molecule has 1 aromatic carbocycles. The van der Waals surface area contributed by atoms with Gasteiger partial charge in [-0.1, -0.05) is 25.7 Å². The maximum absolute atomic E-state index is 12.4. The third kappa shape index (κ3) is 5.55. The summed E-state index contributed by atoms with van der Waals surface area (Å²) >= 11 is 0. The number of esters is 1. The third-order valence-electron chi connectivity index (χ3n) is 4.88. The van der Waals surface area contributed by atoms with E-state index in [-0.39, 0.29) is 11.9 Å². The highest BCUT2D eigenvalue weighted by molar-refractivity contribution is 6.03. The Morgan fingerprint density at radius 1 is 1.00 bits per heavy atom. The number of benzene rings is 1. The van der Waals surface area contributed by atoms with E-state index in [0.29, 0.717) is 29.6 Å². The van der Waals surface area contributed by atoms with Gasteiger partial charge in [0, 0.05) is 11.7 Å². The second-order valence-corrected chi connectivity index (χ2v) is 7.02. The van der Waals surface area contributed by atoms with Crippen molar-refractivity contribution in [3.05, 3.63) is 53.9 Å². The van der Waals surface area contributed by atoms with Crippen LogP contribution in [0.5, 0.6) is 0 Å². The number of hydrogen-bond acceptors (Lipinski definition) is 5. The number of ether oxygens (including phenoxy) is 1. The monoisotopic (exact) mass is 381 g/mol. The largest absolute Gasteiger partial charge is 0.462 e. The number of carbonyl (C=O) groups is 2. The van der Waals surface area contributed by atoms with Crippen LogP contribution in [0.1, 0.15) is 66.3 Å². The molecule has 0 saturated heterocycles. The minimum absolute atomic E-state index is 0.287. The van der Waals surface area contributed by atoms with Crippen molar-refractivity contribution in [1.82, 2.24) is 4.98 Å². The van der Waals surface area contributed by atoms with Crippen molar-refractivity contribution in [2.75, 3.05) is 17.2 Å². The molecule has 6 heteroatoms. The van der Waals surface area contributed by atoms with Gasteiger partial charge < -0.3 is 15.4 Å². The Labute approximate surface area is 165 Å². The van der Waals surface area contributed by atoms with Gasteiger partial charge in [-0.2, -0.15) is 0 Å². The van der Waals surface area contributed by atoms with Crippen molar-refractivity contribution in [2.24, 2.45) is 0 Å². The third-order valence-corrected chi connectivity index (χ3v) is 4.88. The number of nitrogens with zero attached hydrogens (tertiary/aromatic N) is 1. The summed E-state index contributed by atoms with van der Waals surface area (Å²) in [6.07, 6.45) is 9.24. The van der Waals surface area contributed by atoms with Gasteiger partial charge >= 0.3 is 5.97 Å². The zero-order chi connectivity index (χ0) is 19.8. The number of pyridine rings is 1. The fourth-order valence-electron chi connectivity index (χ4n) is 3.37. The smallest absolute Gasteiger partial charge is 0.338 e. The molecule has 28 heavy (non-hydrogen) atoms. The summed E-state index contributed by atoms with van der Waals surface area (Å²) < 4.78 is 4.95. The summed E-state index contributed by atoms with van der Waals surface area (Å²) in [5.41, 5.74) is 2.34. The van der Waals surface area contributed by atoms with Gasteiger partial charge in [0.1, 0.15) is 5.69 Å². The lowest BCUT2D eigenvalue weighted by Crippen LogP contribution is -2.19. The average molecular weight is 381 g/mol. The number of anilines is 2. The molecule has 2 aromatic rings. The van der Waals surface area contributed by atoms with Gasteiger partial charge in [0.25, 0.3) is 5.91 Å². The van der Waals surface area contributed by atoms with Crippen molar-refractivity contribution in [3.8, 4) is 0 Å². The lowest BCUT2D eigenvalue weighted by atomic mass is 10.1. The summed E-state index contributed by atoms with van der Waals surface area (Å²) in [6, 6.07) is 10.7. The van der Waals surface area contributed by atoms with Crippen LogP contribution in [0, 0.1) is 0 Å². The van der Waals surface area contributed by atoms with Crippen LogP contribution in [-0.2, 0) is 4.74 Å². The van der Waals surface area contributed by atoms with Gasteiger partial charge in [0.05, 0.1) is 24.1 Å². The molecule has 1 aromatic heterocycles. The lowest BCUT2D eigenvalue weighted by molar-refractivity contribution is 0.0526. The standard InChI is InChI=1S/C22H27N3O3/c1-2-28-22(27)16-9-11-18(12-10-16)25-21(26)20-14-13-19(15-23-20)24-17-7-5-3-4-6-8-17/h9-15,17,24H,2-8H2,1H3,(H,25,26). The quantitative estimate of drug-likeness (QED) is 0.562. The Morgan fingerprint density at radius 2 is 1.68 bits per heavy atom. The number of aromatic nitrogens is 1. The number of carbonyl (C=O) groups excluding carboxylic acids is 2. The van der Waals surface area contributed by atoms with Gasteiger partial charge in [0.15, 0.2) is 0 Å². The number of rotatable bonds is 6. The van der Waals surface area contributed by atoms with E-state index in [1.54, 1.807) is 43.5 Å². The van der Waals surface area contributed by atoms with E-state index in [1.165, 1.54) is 38.5 Å². The van der Waals surface area contributed by atoms with E-state index >= 15 is 0 Å². The molecule has 2 N–H and O–H groups in total. The summed E-state index contributed by atoms with van der Waals surface area (Å²) in [4.78, 5) is 28.3. The molecule has 0 unspecified atom stereocenters. The van der Waals surface area contributed by atoms with Crippen molar-refractivity contribution in [3.63, 3.8) is 0 Å². The first kappa shape index (κ1) is 19.9. The van der Waals surface area contributed by atoms with Crippen LogP contribution in [0.15, 0.2) is 42.6 Å². The molecular weight excluding hydrogens is 354 g/mol. The molecule has 0 radical (unpaired) electrons. The highest BCUT2D eigenvalue weighted by Gasteiger charge is 2.13. The molecule has 6 nitrogen and oxygen atoms in total. The van der Waals surface area contributed by atoms with Crippen LogP contribution in [-0.4, -0.2) is 29.5 Å². The normalized spacial score (nSPS) is 14.8. The van der Waals surface area contributed by atoms with Crippen LogP contribution in [0.4, 0.5) is 11.4 Å². The first-order valence-electron chi connectivity index (χ1n) is 9.97. The molecule has 0 atom stereocenters. The Kier molecular flexibility index (Phi) is 7.00. The maximum atomic E-state index is 12.4. The van der Waals surface area contributed by atoms with Gasteiger partial charge in [0.2, 0.25) is 0 Å². The SMILES string of the molecule is CCOC(=O)c1ccc(NC(=O)c2ccc(NC3CCCCCC3)cn2)cc1. The van der Waals surface area contributed by atoms with Gasteiger partial charge in [-0.3, -0.25) is 4.79 Å². The molecule has 1 amide bonds. The van der Waals surface area contributed by atoms with Crippen LogP contribution in [0.25, 0.3) is 0 Å². The Bertz CT molecular complexity index is 780. The van der Waals surface area contributed by atoms with Crippen LogP contribution < -0.4 is 10.6 Å². The van der Waals surface area contributed by atoms with E-state index in [9.17, 15) is 9.59 Å². The second-order valence-electron chi connectivity index (χ2n) is 7.02. The molecule has 0 spiro atoms. The minimum Gasteiger partial charge on any atom is -0.462 e. The molecule has 0 bridgehead atoms. The fraction of sp³-hybridized carbons (Fsp3) is 0.409. The Balaban J connectivity index is 1.56. The van der Waals surface area contributed by atoms with Crippen LogP contribution >= 0.6 is 0 Å². The van der Waals surface area contributed by atoms with E-state index in [4.69, 9.17) is 4.74 Å². The number of amides is 1. The van der Waals surface area contributed by atoms with Gasteiger partial charge in [-0.05, 0) is 56.2 Å². The first-order valence-corrected chi connectivity index (χ1v) is 9.97. The molecule has 148 valence electrons. The van der Waals surface area contributed by atoms with E-state index in [1.807, 2.05) is 6.07 Å². The molecule has 1 heterocycles. The van der Waals surface area contributed by atoms with Crippen LogP contribution in [0.2, 0.25) is 0 Å². The zero-order valence-corrected chi connectivity index (χ0v) is 16.2. The van der Waals surface area contributed by atoms with Crippen molar-refractivity contribution >= 4 is 23.3 Å². The Morgan fingerprint density at radius 3 is 2.29 bits per heavy atom. The topological polar surface area (TPSA) is 80.3 Å². The Hall–Kier alpha value is -2.89. The zero-order valence-electron chi connectivity index (χ0n) is 16.2. The lowest BCUT2D eigenvalue weighted by Gasteiger charge is -2.17. The maximum Gasteiger partial charge on any atom is 0.338 e. The molecule has 0 aliphatic heterocycles.